The Labute approximate surface area is 143 Å². The molecule has 24 heavy (non-hydrogen) atoms. The van der Waals surface area contributed by atoms with E-state index in [0.717, 1.165) is 21.3 Å². The van der Waals surface area contributed by atoms with Crippen molar-refractivity contribution in [3.8, 4) is 11.1 Å². The van der Waals surface area contributed by atoms with E-state index in [1.165, 1.54) is 11.3 Å². The maximum absolute atomic E-state index is 11.4. The molecule has 1 amide bonds. The third kappa shape index (κ3) is 3.22. The van der Waals surface area contributed by atoms with Gasteiger partial charge < -0.3 is 15.8 Å². The van der Waals surface area contributed by atoms with Gasteiger partial charge in [0, 0.05) is 18.1 Å². The first-order chi connectivity index (χ1) is 11.6. The lowest BCUT2D eigenvalue weighted by atomic mass is 10.1. The molecular formula is C17H18N4O2S. The van der Waals surface area contributed by atoms with Crippen LogP contribution in [0.5, 0.6) is 0 Å². The summed E-state index contributed by atoms with van der Waals surface area (Å²) in [6.07, 6.45) is 0. The average molecular weight is 342 g/mol. The van der Waals surface area contributed by atoms with Crippen molar-refractivity contribution in [2.24, 2.45) is 5.73 Å². The first-order valence-electron chi connectivity index (χ1n) is 7.48. The van der Waals surface area contributed by atoms with Crippen molar-refractivity contribution < 1.29 is 9.53 Å². The Morgan fingerprint density at radius 3 is 2.75 bits per heavy atom. The number of carbonyl (C=O) groups excluding carboxylic acids is 1. The lowest BCUT2D eigenvalue weighted by Gasteiger charge is -2.14. The summed E-state index contributed by atoms with van der Waals surface area (Å²) in [5.41, 5.74) is 7.48. The van der Waals surface area contributed by atoms with Crippen LogP contribution in [0.1, 0.15) is 12.7 Å². The second-order valence-corrected chi connectivity index (χ2v) is 6.24. The van der Waals surface area contributed by atoms with E-state index in [1.807, 2.05) is 35.7 Å². The van der Waals surface area contributed by atoms with Crippen LogP contribution in [0.25, 0.3) is 21.3 Å². The van der Waals surface area contributed by atoms with E-state index in [0.29, 0.717) is 18.2 Å². The van der Waals surface area contributed by atoms with Crippen LogP contribution in [0.4, 0.5) is 5.82 Å². The van der Waals surface area contributed by atoms with Gasteiger partial charge in [0.15, 0.2) is 5.82 Å². The van der Waals surface area contributed by atoms with Gasteiger partial charge in [0.25, 0.3) is 0 Å². The number of benzene rings is 1. The minimum absolute atomic E-state index is 0.300. The molecule has 0 aliphatic heterocycles. The van der Waals surface area contributed by atoms with E-state index in [9.17, 15) is 4.79 Å². The van der Waals surface area contributed by atoms with Crippen LogP contribution in [0.15, 0.2) is 35.7 Å². The first-order valence-corrected chi connectivity index (χ1v) is 8.36. The zero-order chi connectivity index (χ0) is 17.1. The molecule has 0 aliphatic carbocycles. The molecule has 3 N–H and O–H groups in total. The molecule has 0 radical (unpaired) electrons. The molecule has 0 spiro atoms. The summed E-state index contributed by atoms with van der Waals surface area (Å²) in [5, 5.41) is 6.04. The van der Waals surface area contributed by atoms with Crippen LogP contribution in [0.3, 0.4) is 0 Å². The predicted octanol–water partition coefficient (Wildman–Crippen LogP) is 2.79. The Morgan fingerprint density at radius 2 is 2.08 bits per heavy atom. The molecule has 6 nitrogen and oxygen atoms in total. The number of amides is 1. The number of hydrogen-bond donors (Lipinski definition) is 2. The van der Waals surface area contributed by atoms with Crippen LogP contribution in [0.2, 0.25) is 0 Å². The number of fused-ring (bicyclic) bond motifs is 1. The number of anilines is 1. The van der Waals surface area contributed by atoms with Crippen LogP contribution in [-0.2, 0) is 16.1 Å². The number of carbonyl (C=O) groups is 1. The van der Waals surface area contributed by atoms with Gasteiger partial charge in [-0.15, -0.1) is 11.3 Å². The summed E-state index contributed by atoms with van der Waals surface area (Å²) in [6.45, 7) is 2.01. The Balaban J connectivity index is 2.16. The standard InChI is InChI=1S/C17H18N4O2S/c1-10(15(18)22)19-16-14-12(11-6-4-3-5-7-11)9-24-17(14)21-13(20-16)8-23-2/h3-7,9-10H,8H2,1-2H3,(H2,18,22)(H,19,20,21)/t10-/m1/s1. The second kappa shape index (κ2) is 6.94. The highest BCUT2D eigenvalue weighted by atomic mass is 32.1. The number of thiophene rings is 1. The fourth-order valence-electron chi connectivity index (χ4n) is 2.39. The molecule has 2 aromatic heterocycles. The van der Waals surface area contributed by atoms with Gasteiger partial charge >= 0.3 is 0 Å². The van der Waals surface area contributed by atoms with Crippen molar-refractivity contribution in [1.29, 1.82) is 0 Å². The Morgan fingerprint density at radius 1 is 1.33 bits per heavy atom. The molecular weight excluding hydrogens is 324 g/mol. The number of nitrogens with two attached hydrogens (primary N) is 1. The fourth-order valence-corrected chi connectivity index (χ4v) is 3.36. The highest BCUT2D eigenvalue weighted by Crippen LogP contribution is 2.37. The molecule has 1 atom stereocenters. The summed E-state index contributed by atoms with van der Waals surface area (Å²) in [7, 11) is 1.59. The Kier molecular flexibility index (Phi) is 4.73. The van der Waals surface area contributed by atoms with E-state index in [2.05, 4.69) is 15.3 Å². The van der Waals surface area contributed by atoms with Crippen molar-refractivity contribution in [2.75, 3.05) is 12.4 Å². The number of aromatic nitrogens is 2. The second-order valence-electron chi connectivity index (χ2n) is 5.39. The molecule has 0 aliphatic rings. The van der Waals surface area contributed by atoms with Crippen molar-refractivity contribution >= 4 is 33.3 Å². The summed E-state index contributed by atoms with van der Waals surface area (Å²) in [5.74, 6) is 0.718. The van der Waals surface area contributed by atoms with Gasteiger partial charge in [0.05, 0.1) is 5.39 Å². The zero-order valence-corrected chi connectivity index (χ0v) is 14.3. The summed E-state index contributed by atoms with van der Waals surface area (Å²) in [6, 6.07) is 9.47. The van der Waals surface area contributed by atoms with E-state index in [4.69, 9.17) is 10.5 Å². The topological polar surface area (TPSA) is 90.1 Å². The molecule has 3 rings (SSSR count). The van der Waals surface area contributed by atoms with Gasteiger partial charge in [-0.1, -0.05) is 30.3 Å². The molecule has 1 aromatic carbocycles. The van der Waals surface area contributed by atoms with Gasteiger partial charge in [-0.05, 0) is 12.5 Å². The first kappa shape index (κ1) is 16.4. The molecule has 2 heterocycles. The number of ether oxygens (including phenoxy) is 1. The van der Waals surface area contributed by atoms with Crippen molar-refractivity contribution in [2.45, 2.75) is 19.6 Å². The lowest BCUT2D eigenvalue weighted by Crippen LogP contribution is -2.33. The maximum Gasteiger partial charge on any atom is 0.239 e. The molecule has 7 heteroatoms. The van der Waals surface area contributed by atoms with E-state index in [1.54, 1.807) is 14.0 Å². The highest BCUT2D eigenvalue weighted by molar-refractivity contribution is 7.17. The molecule has 0 fully saturated rings. The van der Waals surface area contributed by atoms with Crippen LogP contribution < -0.4 is 11.1 Å². The van der Waals surface area contributed by atoms with Crippen molar-refractivity contribution in [1.82, 2.24) is 9.97 Å². The SMILES string of the molecule is COCc1nc(N[C@H](C)C(N)=O)c2c(-c3ccccc3)csc2n1. The smallest absolute Gasteiger partial charge is 0.239 e. The van der Waals surface area contributed by atoms with Crippen molar-refractivity contribution in [3.05, 3.63) is 41.5 Å². The van der Waals surface area contributed by atoms with Gasteiger partial charge in [-0.3, -0.25) is 4.79 Å². The van der Waals surface area contributed by atoms with Gasteiger partial charge in [0.2, 0.25) is 5.91 Å². The molecule has 0 unspecified atom stereocenters. The lowest BCUT2D eigenvalue weighted by molar-refractivity contribution is -0.118. The van der Waals surface area contributed by atoms with Gasteiger partial charge in [0.1, 0.15) is 23.3 Å². The number of rotatable bonds is 6. The van der Waals surface area contributed by atoms with Crippen molar-refractivity contribution in [3.63, 3.8) is 0 Å². The van der Waals surface area contributed by atoms with Crippen LogP contribution in [-0.4, -0.2) is 29.0 Å². The Bertz CT molecular complexity index is 864. The van der Waals surface area contributed by atoms with Crippen LogP contribution in [0, 0.1) is 0 Å². The maximum atomic E-state index is 11.4. The summed E-state index contributed by atoms with van der Waals surface area (Å²) < 4.78 is 5.14. The van der Waals surface area contributed by atoms with Gasteiger partial charge in [-0.2, -0.15) is 0 Å². The summed E-state index contributed by atoms with van der Waals surface area (Å²) in [4.78, 5) is 21.4. The third-order valence-electron chi connectivity index (χ3n) is 3.62. The van der Waals surface area contributed by atoms with Gasteiger partial charge in [-0.25, -0.2) is 9.97 Å². The van der Waals surface area contributed by atoms with E-state index in [-0.39, 0.29) is 0 Å². The minimum Gasteiger partial charge on any atom is -0.377 e. The predicted molar refractivity (Wildman–Crippen MR) is 95.8 cm³/mol. The van der Waals surface area contributed by atoms with E-state index < -0.39 is 11.9 Å². The monoisotopic (exact) mass is 342 g/mol. The number of nitrogens with one attached hydrogen (secondary N) is 1. The molecule has 0 bridgehead atoms. The number of hydrogen-bond acceptors (Lipinski definition) is 6. The van der Waals surface area contributed by atoms with Crippen LogP contribution >= 0.6 is 11.3 Å². The zero-order valence-electron chi connectivity index (χ0n) is 13.4. The Hall–Kier alpha value is -2.51. The average Bonchev–Trinajstić information content (AvgIpc) is 3.00. The third-order valence-corrected chi connectivity index (χ3v) is 4.49. The highest BCUT2D eigenvalue weighted by Gasteiger charge is 2.18. The normalized spacial score (nSPS) is 12.2. The summed E-state index contributed by atoms with van der Waals surface area (Å²) >= 11 is 1.54. The minimum atomic E-state index is -0.540. The number of nitrogens with zero attached hydrogens (tertiary/aromatic N) is 2. The fraction of sp³-hybridized carbons (Fsp3) is 0.235. The number of primary amides is 1. The largest absolute Gasteiger partial charge is 0.377 e. The molecule has 124 valence electrons. The molecule has 3 aromatic rings. The quantitative estimate of drug-likeness (QED) is 0.719. The van der Waals surface area contributed by atoms with E-state index >= 15 is 0 Å². The molecule has 0 saturated carbocycles. The number of methoxy groups -OCH3 is 1. The molecule has 0 saturated heterocycles.